The van der Waals surface area contributed by atoms with Gasteiger partial charge >= 0.3 is 0 Å². The second kappa shape index (κ2) is 4.74. The van der Waals surface area contributed by atoms with Crippen molar-refractivity contribution in [1.82, 2.24) is 0 Å². The molecule has 1 aromatic carbocycles. The number of hydrogen-bond donors (Lipinski definition) is 0. The molecule has 0 atom stereocenters. The molecule has 0 saturated carbocycles. The van der Waals surface area contributed by atoms with Crippen LogP contribution in [0.5, 0.6) is 0 Å². The summed E-state index contributed by atoms with van der Waals surface area (Å²) in [6.07, 6.45) is 1.41. The highest BCUT2D eigenvalue weighted by molar-refractivity contribution is 5.97. The molecule has 2 nitrogen and oxygen atoms in total. The summed E-state index contributed by atoms with van der Waals surface area (Å²) in [5.74, 6) is 1.07. The number of carbonyl (C=O) groups excluding carboxylic acids is 1. The minimum Gasteiger partial charge on any atom is -0.453 e. The van der Waals surface area contributed by atoms with Crippen LogP contribution in [0.4, 0.5) is 0 Å². The number of hydrogen-bond acceptors (Lipinski definition) is 2. The lowest BCUT2D eigenvalue weighted by Gasteiger charge is -2.03. The number of benzene rings is 1. The van der Waals surface area contributed by atoms with Crippen molar-refractivity contribution in [2.75, 3.05) is 0 Å². The number of ketones is 1. The highest BCUT2D eigenvalue weighted by atomic mass is 16.3. The molecule has 1 aromatic heterocycles. The summed E-state index contributed by atoms with van der Waals surface area (Å²) in [4.78, 5) is 11.7. The molecule has 0 aliphatic heterocycles. The molecule has 1 heterocycles. The van der Waals surface area contributed by atoms with Crippen LogP contribution in [0.15, 0.2) is 28.7 Å². The Kier molecular flexibility index (Phi) is 3.32. The summed E-state index contributed by atoms with van der Waals surface area (Å²) in [7, 11) is 0. The van der Waals surface area contributed by atoms with E-state index in [1.165, 1.54) is 5.56 Å². The predicted molar refractivity (Wildman–Crippen MR) is 69.5 cm³/mol. The molecule has 0 bridgehead atoms. The van der Waals surface area contributed by atoms with Gasteiger partial charge < -0.3 is 4.42 Å². The van der Waals surface area contributed by atoms with Crippen LogP contribution in [0.2, 0.25) is 0 Å². The molecule has 0 aliphatic carbocycles. The highest BCUT2D eigenvalue weighted by Gasteiger charge is 2.12. The second-order valence-electron chi connectivity index (χ2n) is 4.74. The molecule has 0 N–H and O–H groups in total. The van der Waals surface area contributed by atoms with Gasteiger partial charge in [0.25, 0.3) is 0 Å². The van der Waals surface area contributed by atoms with Gasteiger partial charge in [0.2, 0.25) is 0 Å². The van der Waals surface area contributed by atoms with E-state index in [9.17, 15) is 4.79 Å². The number of Topliss-reactive ketones (excluding diaryl/α,β-unsaturated/α-hetero) is 1. The normalized spacial score (nSPS) is 11.3. The predicted octanol–water partition coefficient (Wildman–Crippen LogP) is 4.54. The topological polar surface area (TPSA) is 30.2 Å². The van der Waals surface area contributed by atoms with E-state index in [2.05, 4.69) is 26.0 Å². The lowest BCUT2D eigenvalue weighted by Crippen LogP contribution is -1.94. The molecule has 2 rings (SSSR count). The van der Waals surface area contributed by atoms with E-state index >= 15 is 0 Å². The largest absolute Gasteiger partial charge is 0.453 e. The Morgan fingerprint density at radius 1 is 1.29 bits per heavy atom. The molecule has 0 amide bonds. The van der Waals surface area contributed by atoms with Crippen molar-refractivity contribution < 1.29 is 9.21 Å². The summed E-state index contributed by atoms with van der Waals surface area (Å²) in [6.45, 7) is 6.31. The molecule has 2 heteroatoms. The second-order valence-corrected chi connectivity index (χ2v) is 4.74. The minimum absolute atomic E-state index is 0.0924. The average Bonchev–Trinajstić information content (AvgIpc) is 2.71. The fraction of sp³-hybridized carbons (Fsp3) is 0.400. The Morgan fingerprint density at radius 2 is 2.06 bits per heavy atom. The molecular formula is C15H18O2. The van der Waals surface area contributed by atoms with Crippen molar-refractivity contribution >= 4 is 16.8 Å². The molecule has 0 fully saturated rings. The molecule has 0 aliphatic rings. The first-order chi connectivity index (χ1) is 8.11. The van der Waals surface area contributed by atoms with E-state index in [0.717, 1.165) is 17.4 Å². The monoisotopic (exact) mass is 230 g/mol. The fourth-order valence-electron chi connectivity index (χ4n) is 1.91. The van der Waals surface area contributed by atoms with Gasteiger partial charge in [-0.2, -0.15) is 0 Å². The van der Waals surface area contributed by atoms with E-state index in [1.807, 2.05) is 19.1 Å². The van der Waals surface area contributed by atoms with Crippen LogP contribution in [0.25, 0.3) is 11.0 Å². The van der Waals surface area contributed by atoms with Crippen molar-refractivity contribution in [2.45, 2.75) is 39.5 Å². The zero-order chi connectivity index (χ0) is 12.4. The van der Waals surface area contributed by atoms with Gasteiger partial charge in [-0.1, -0.05) is 26.8 Å². The van der Waals surface area contributed by atoms with Gasteiger partial charge in [0.15, 0.2) is 11.5 Å². The van der Waals surface area contributed by atoms with Crippen LogP contribution in [-0.2, 0) is 0 Å². The maximum atomic E-state index is 11.7. The zero-order valence-electron chi connectivity index (χ0n) is 10.6. The van der Waals surface area contributed by atoms with E-state index in [1.54, 1.807) is 0 Å². The van der Waals surface area contributed by atoms with Crippen LogP contribution in [0.3, 0.4) is 0 Å². The van der Waals surface area contributed by atoms with E-state index in [4.69, 9.17) is 4.42 Å². The smallest absolute Gasteiger partial charge is 0.198 e. The summed E-state index contributed by atoms with van der Waals surface area (Å²) < 4.78 is 5.57. The lowest BCUT2D eigenvalue weighted by atomic mass is 10.0. The van der Waals surface area contributed by atoms with Crippen molar-refractivity contribution in [3.63, 3.8) is 0 Å². The summed E-state index contributed by atoms with van der Waals surface area (Å²) in [6, 6.07) is 7.98. The zero-order valence-corrected chi connectivity index (χ0v) is 10.6. The third-order valence-electron chi connectivity index (χ3n) is 2.96. The van der Waals surface area contributed by atoms with Crippen LogP contribution >= 0.6 is 0 Å². The highest BCUT2D eigenvalue weighted by Crippen LogP contribution is 2.25. The standard InChI is InChI=1S/C15H18O2/c1-4-5-13(16)15-9-12-8-11(10(2)3)6-7-14(12)17-15/h6-10H,4-5H2,1-3H3. The third-order valence-corrected chi connectivity index (χ3v) is 2.96. The summed E-state index contributed by atoms with van der Waals surface area (Å²) in [5.41, 5.74) is 2.07. The van der Waals surface area contributed by atoms with Crippen molar-refractivity contribution in [3.05, 3.63) is 35.6 Å². The Labute approximate surface area is 102 Å². The maximum absolute atomic E-state index is 11.7. The molecule has 17 heavy (non-hydrogen) atoms. The van der Waals surface area contributed by atoms with Gasteiger partial charge in [-0.25, -0.2) is 0 Å². The minimum atomic E-state index is 0.0924. The molecular weight excluding hydrogens is 212 g/mol. The first kappa shape index (κ1) is 11.9. The van der Waals surface area contributed by atoms with Gasteiger partial charge in [0, 0.05) is 11.8 Å². The van der Waals surface area contributed by atoms with Crippen LogP contribution in [0.1, 0.15) is 55.6 Å². The van der Waals surface area contributed by atoms with E-state index in [-0.39, 0.29) is 5.78 Å². The number of fused-ring (bicyclic) bond motifs is 1. The van der Waals surface area contributed by atoms with Gasteiger partial charge in [0.05, 0.1) is 0 Å². The van der Waals surface area contributed by atoms with Gasteiger partial charge in [0.1, 0.15) is 5.58 Å². The number of carbonyl (C=O) groups is 1. The average molecular weight is 230 g/mol. The van der Waals surface area contributed by atoms with E-state index in [0.29, 0.717) is 18.1 Å². The van der Waals surface area contributed by atoms with Gasteiger partial charge in [-0.05, 0) is 36.1 Å². The molecule has 0 saturated heterocycles. The van der Waals surface area contributed by atoms with Crippen molar-refractivity contribution in [3.8, 4) is 0 Å². The summed E-state index contributed by atoms with van der Waals surface area (Å²) in [5, 5.41) is 1.02. The number of rotatable bonds is 4. The molecule has 0 unspecified atom stereocenters. The fourth-order valence-corrected chi connectivity index (χ4v) is 1.91. The van der Waals surface area contributed by atoms with Crippen molar-refractivity contribution in [1.29, 1.82) is 0 Å². The Hall–Kier alpha value is -1.57. The SMILES string of the molecule is CCCC(=O)c1cc2cc(C(C)C)ccc2o1. The van der Waals surface area contributed by atoms with Gasteiger partial charge in [-0.3, -0.25) is 4.79 Å². The lowest BCUT2D eigenvalue weighted by molar-refractivity contribution is 0.0957. The van der Waals surface area contributed by atoms with Crippen molar-refractivity contribution in [2.24, 2.45) is 0 Å². The Bertz CT molecular complexity index is 535. The molecule has 0 radical (unpaired) electrons. The third kappa shape index (κ3) is 2.41. The number of furan rings is 1. The van der Waals surface area contributed by atoms with E-state index < -0.39 is 0 Å². The van der Waals surface area contributed by atoms with Crippen LogP contribution in [0, 0.1) is 0 Å². The molecule has 2 aromatic rings. The quantitative estimate of drug-likeness (QED) is 0.722. The van der Waals surface area contributed by atoms with Crippen LogP contribution in [-0.4, -0.2) is 5.78 Å². The molecule has 90 valence electrons. The van der Waals surface area contributed by atoms with Crippen LogP contribution < -0.4 is 0 Å². The first-order valence-corrected chi connectivity index (χ1v) is 6.18. The Morgan fingerprint density at radius 3 is 2.71 bits per heavy atom. The van der Waals surface area contributed by atoms with Gasteiger partial charge in [-0.15, -0.1) is 0 Å². The molecule has 0 spiro atoms. The summed E-state index contributed by atoms with van der Waals surface area (Å²) >= 11 is 0. The maximum Gasteiger partial charge on any atom is 0.198 e. The Balaban J connectivity index is 2.40. The first-order valence-electron chi connectivity index (χ1n) is 6.18.